The molecule has 0 bridgehead atoms. The summed E-state index contributed by atoms with van der Waals surface area (Å²) in [6.45, 7) is 14.2. The van der Waals surface area contributed by atoms with Gasteiger partial charge in [0, 0.05) is 16.6 Å². The fourth-order valence-corrected chi connectivity index (χ4v) is 2.34. The highest BCUT2D eigenvalue weighted by molar-refractivity contribution is 5.86. The minimum Gasteiger partial charge on any atom is -0.287 e. The Kier molecular flexibility index (Phi) is 6.83. The van der Waals surface area contributed by atoms with Crippen LogP contribution in [0.15, 0.2) is 72.8 Å². The Bertz CT molecular complexity index is 832. The second-order valence-corrected chi connectivity index (χ2v) is 7.14. The zero-order chi connectivity index (χ0) is 21.6. The van der Waals surface area contributed by atoms with Crippen LogP contribution in [0.2, 0.25) is 0 Å². The molecule has 0 aliphatic carbocycles. The van der Waals surface area contributed by atoms with Crippen molar-refractivity contribution in [2.24, 2.45) is 0 Å². The molecule has 0 spiro atoms. The van der Waals surface area contributed by atoms with Gasteiger partial charge in [0.25, 0.3) is 0 Å². The molecule has 6 nitrogen and oxygen atoms in total. The number of benzene rings is 2. The smallest absolute Gasteiger partial charge is 0.287 e. The molecule has 0 aliphatic rings. The summed E-state index contributed by atoms with van der Waals surface area (Å²) >= 11 is 0. The van der Waals surface area contributed by atoms with Crippen molar-refractivity contribution in [3.63, 3.8) is 0 Å². The maximum absolute atomic E-state index is 11.4. The van der Waals surface area contributed by atoms with Crippen LogP contribution in [-0.4, -0.2) is 11.9 Å². The van der Waals surface area contributed by atoms with E-state index in [4.69, 9.17) is 9.78 Å². The zero-order valence-electron chi connectivity index (χ0n) is 17.0. The van der Waals surface area contributed by atoms with E-state index in [0.29, 0.717) is 11.5 Å². The van der Waals surface area contributed by atoms with Gasteiger partial charge in [0.15, 0.2) is 11.5 Å². The summed E-state index contributed by atoms with van der Waals surface area (Å²) in [4.78, 5) is 42.1. The van der Waals surface area contributed by atoms with Crippen molar-refractivity contribution in [1.82, 2.24) is 0 Å². The molecule has 2 rings (SSSR count). The Labute approximate surface area is 170 Å². The van der Waals surface area contributed by atoms with Gasteiger partial charge < -0.3 is 0 Å². The zero-order valence-corrected chi connectivity index (χ0v) is 17.0. The first-order chi connectivity index (χ1) is 13.6. The minimum atomic E-state index is -0.620. The van der Waals surface area contributed by atoms with Crippen LogP contribution in [-0.2, 0) is 24.8 Å². The Morgan fingerprint density at radius 1 is 0.690 bits per heavy atom. The third kappa shape index (κ3) is 5.72. The number of hydrogen-bond acceptors (Lipinski definition) is 6. The van der Waals surface area contributed by atoms with Crippen molar-refractivity contribution >= 4 is 11.9 Å². The van der Waals surface area contributed by atoms with Gasteiger partial charge in [-0.05, 0) is 49.2 Å². The average molecular weight is 396 g/mol. The fraction of sp³-hybridized carbons (Fsp3) is 0.217. The highest BCUT2D eigenvalue weighted by atomic mass is 17.2. The maximum atomic E-state index is 11.4. The van der Waals surface area contributed by atoms with E-state index in [9.17, 15) is 9.59 Å². The van der Waals surface area contributed by atoms with E-state index >= 15 is 0 Å². The van der Waals surface area contributed by atoms with E-state index in [1.165, 1.54) is 13.8 Å². The Morgan fingerprint density at radius 3 is 1.28 bits per heavy atom. The number of carbonyl (C=O) groups is 2. The minimum absolute atomic E-state index is 0.254. The normalized spacial score (nSPS) is 10.6. The first-order valence-electron chi connectivity index (χ1n) is 8.91. The lowest BCUT2D eigenvalue weighted by Crippen LogP contribution is -2.18. The number of carbonyl (C=O) groups excluding carboxylic acids is 2. The molecule has 152 valence electrons. The van der Waals surface area contributed by atoms with E-state index in [1.54, 1.807) is 24.3 Å². The molecule has 0 unspecified atom stereocenters. The van der Waals surface area contributed by atoms with Gasteiger partial charge in [-0.15, -0.1) is 0 Å². The molecule has 0 heterocycles. The van der Waals surface area contributed by atoms with E-state index in [-0.39, 0.29) is 16.6 Å². The summed E-state index contributed by atoms with van der Waals surface area (Å²) in [5, 5.41) is 0. The largest absolute Gasteiger partial charge is 0.381 e. The van der Waals surface area contributed by atoms with Crippen LogP contribution >= 0.6 is 0 Å². The molecule has 0 aromatic heterocycles. The van der Waals surface area contributed by atoms with Crippen LogP contribution in [0.1, 0.15) is 38.8 Å². The highest BCUT2D eigenvalue weighted by Gasteiger charge is 2.23. The van der Waals surface area contributed by atoms with Crippen LogP contribution in [0, 0.1) is 0 Å². The fourth-order valence-electron chi connectivity index (χ4n) is 2.34. The van der Waals surface area contributed by atoms with Crippen molar-refractivity contribution in [2.45, 2.75) is 33.1 Å². The van der Waals surface area contributed by atoms with Crippen molar-refractivity contribution < 1.29 is 29.1 Å². The second kappa shape index (κ2) is 9.10. The summed E-state index contributed by atoms with van der Waals surface area (Å²) in [5.74, 6) is -0.430. The molecule has 0 N–H and O–H groups in total. The predicted octanol–water partition coefficient (Wildman–Crippen LogP) is 4.84. The van der Waals surface area contributed by atoms with Gasteiger partial charge in [-0.1, -0.05) is 51.3 Å². The van der Waals surface area contributed by atoms with Gasteiger partial charge >= 0.3 is 11.9 Å². The molecule has 0 saturated heterocycles. The molecule has 0 aliphatic heterocycles. The van der Waals surface area contributed by atoms with Crippen LogP contribution in [0.25, 0.3) is 0 Å². The highest BCUT2D eigenvalue weighted by Crippen LogP contribution is 2.33. The molecule has 0 saturated carbocycles. The third-order valence-corrected chi connectivity index (χ3v) is 4.28. The Balaban J connectivity index is 2.05. The SMILES string of the molecule is C=C(C)C(=O)OOc1ccc(C(C)(C)c2ccc(OOC(=O)C(=C)C)cc2)cc1. The van der Waals surface area contributed by atoms with Gasteiger partial charge in [-0.25, -0.2) is 19.4 Å². The predicted molar refractivity (Wildman–Crippen MR) is 108 cm³/mol. The van der Waals surface area contributed by atoms with Gasteiger partial charge in [0.05, 0.1) is 0 Å². The summed E-state index contributed by atoms with van der Waals surface area (Å²) in [7, 11) is 0. The summed E-state index contributed by atoms with van der Waals surface area (Å²) < 4.78 is 0. The van der Waals surface area contributed by atoms with E-state index in [2.05, 4.69) is 36.8 Å². The molecular weight excluding hydrogens is 372 g/mol. The summed E-state index contributed by atoms with van der Waals surface area (Å²) in [6.07, 6.45) is 0. The van der Waals surface area contributed by atoms with Crippen LogP contribution in [0.4, 0.5) is 0 Å². The Morgan fingerprint density at radius 2 is 1.00 bits per heavy atom. The van der Waals surface area contributed by atoms with Crippen molar-refractivity contribution in [2.75, 3.05) is 0 Å². The molecule has 2 aromatic rings. The summed E-state index contributed by atoms with van der Waals surface area (Å²) in [6, 6.07) is 14.4. The second-order valence-electron chi connectivity index (χ2n) is 7.14. The first-order valence-corrected chi connectivity index (χ1v) is 8.91. The lowest BCUT2D eigenvalue weighted by Gasteiger charge is -2.26. The summed E-state index contributed by atoms with van der Waals surface area (Å²) in [5.41, 5.74) is 2.24. The van der Waals surface area contributed by atoms with Crippen LogP contribution in [0.5, 0.6) is 11.5 Å². The Hall–Kier alpha value is -3.54. The number of hydrogen-bond donors (Lipinski definition) is 0. The monoisotopic (exact) mass is 396 g/mol. The van der Waals surface area contributed by atoms with Crippen molar-refractivity contribution in [3.8, 4) is 11.5 Å². The van der Waals surface area contributed by atoms with Crippen LogP contribution in [0.3, 0.4) is 0 Å². The average Bonchev–Trinajstić information content (AvgIpc) is 2.70. The molecular formula is C23H24O6. The third-order valence-electron chi connectivity index (χ3n) is 4.28. The molecule has 29 heavy (non-hydrogen) atoms. The molecule has 0 radical (unpaired) electrons. The van der Waals surface area contributed by atoms with Gasteiger partial charge in [0.2, 0.25) is 0 Å². The first kappa shape index (κ1) is 21.8. The number of rotatable bonds is 8. The lowest BCUT2D eigenvalue weighted by molar-refractivity contribution is -0.208. The van der Waals surface area contributed by atoms with E-state index < -0.39 is 11.9 Å². The topological polar surface area (TPSA) is 71.1 Å². The quantitative estimate of drug-likeness (QED) is 0.361. The van der Waals surface area contributed by atoms with Gasteiger partial charge in [-0.2, -0.15) is 0 Å². The van der Waals surface area contributed by atoms with Gasteiger partial charge in [-0.3, -0.25) is 9.78 Å². The van der Waals surface area contributed by atoms with Gasteiger partial charge in [0.1, 0.15) is 0 Å². The van der Waals surface area contributed by atoms with Crippen LogP contribution < -0.4 is 9.78 Å². The molecule has 0 atom stereocenters. The molecule has 2 aromatic carbocycles. The van der Waals surface area contributed by atoms with E-state index in [1.807, 2.05) is 24.3 Å². The molecule has 0 amide bonds. The van der Waals surface area contributed by atoms with E-state index in [0.717, 1.165) is 11.1 Å². The molecule has 0 fully saturated rings. The maximum Gasteiger partial charge on any atom is 0.381 e. The standard InChI is InChI=1S/C23H24O6/c1-15(2)21(24)28-26-19-11-7-17(8-12-19)23(5,6)18-9-13-20(14-10-18)27-29-22(25)16(3)4/h7-14H,1,3H2,2,4-6H3. The van der Waals surface area contributed by atoms with Crippen molar-refractivity contribution in [3.05, 3.63) is 84.0 Å². The lowest BCUT2D eigenvalue weighted by atomic mass is 9.78. The van der Waals surface area contributed by atoms with Crippen molar-refractivity contribution in [1.29, 1.82) is 0 Å². The molecule has 6 heteroatoms.